The second-order valence-electron chi connectivity index (χ2n) is 7.90. The number of halogens is 1. The Hall–Kier alpha value is -2.48. The highest BCUT2D eigenvalue weighted by atomic mass is 35.5. The predicted molar refractivity (Wildman–Crippen MR) is 127 cm³/mol. The zero-order valence-corrected chi connectivity index (χ0v) is 18.7. The maximum atomic E-state index is 11.7. The average Bonchev–Trinajstić information content (AvgIpc) is 2.78. The van der Waals surface area contributed by atoms with Crippen molar-refractivity contribution < 1.29 is 14.6 Å². The van der Waals surface area contributed by atoms with Gasteiger partial charge < -0.3 is 25.4 Å². The number of carbonyl (C=O) groups excluding carboxylic acids is 1. The number of aliphatic hydroxyl groups is 1. The van der Waals surface area contributed by atoms with Crippen LogP contribution in [0.5, 0.6) is 5.75 Å². The minimum absolute atomic E-state index is 0. The summed E-state index contributed by atoms with van der Waals surface area (Å²) in [5, 5.41) is 16.7. The molecule has 7 nitrogen and oxygen atoms in total. The molecule has 1 saturated heterocycles. The smallest absolute Gasteiger partial charge is 0.224 e. The molecule has 2 aromatic rings. The summed E-state index contributed by atoms with van der Waals surface area (Å²) in [6, 6.07) is 13.9. The van der Waals surface area contributed by atoms with Crippen LogP contribution in [-0.4, -0.2) is 68.4 Å². The Kier molecular flexibility index (Phi) is 8.01. The summed E-state index contributed by atoms with van der Waals surface area (Å²) in [4.78, 5) is 16.4. The number of methoxy groups -OCH3 is 1. The summed E-state index contributed by atoms with van der Waals surface area (Å²) >= 11 is 0. The first-order valence-electron chi connectivity index (χ1n) is 10.6. The summed E-state index contributed by atoms with van der Waals surface area (Å²) in [5.41, 5.74) is 4.40. The Labute approximate surface area is 189 Å². The number of carbonyl (C=O) groups is 1. The number of nitrogens with one attached hydrogen (secondary N) is 2. The van der Waals surface area contributed by atoms with Crippen molar-refractivity contribution in [2.24, 2.45) is 0 Å². The fourth-order valence-electron chi connectivity index (χ4n) is 4.18. The minimum atomic E-state index is -0.432. The average molecular weight is 447 g/mol. The second-order valence-corrected chi connectivity index (χ2v) is 7.90. The van der Waals surface area contributed by atoms with Crippen LogP contribution in [0.2, 0.25) is 0 Å². The van der Waals surface area contributed by atoms with Crippen molar-refractivity contribution in [3.63, 3.8) is 0 Å². The van der Waals surface area contributed by atoms with Gasteiger partial charge in [0.2, 0.25) is 5.91 Å². The molecule has 2 heterocycles. The van der Waals surface area contributed by atoms with Gasteiger partial charge in [-0.3, -0.25) is 9.69 Å². The Bertz CT molecular complexity index is 870. The van der Waals surface area contributed by atoms with Gasteiger partial charge in [-0.05, 0) is 48.4 Å². The zero-order chi connectivity index (χ0) is 20.9. The van der Waals surface area contributed by atoms with Gasteiger partial charge in [0.05, 0.1) is 13.2 Å². The predicted octanol–water partition coefficient (Wildman–Crippen LogP) is 2.60. The Morgan fingerprint density at radius 1 is 1.10 bits per heavy atom. The summed E-state index contributed by atoms with van der Waals surface area (Å²) in [6.07, 6.45) is 0.920. The molecule has 2 aliphatic rings. The number of benzene rings is 2. The molecule has 0 saturated carbocycles. The van der Waals surface area contributed by atoms with E-state index in [-0.39, 0.29) is 18.3 Å². The summed E-state index contributed by atoms with van der Waals surface area (Å²) in [7, 11) is 1.65. The van der Waals surface area contributed by atoms with Crippen molar-refractivity contribution in [3.05, 3.63) is 48.0 Å². The van der Waals surface area contributed by atoms with E-state index in [0.29, 0.717) is 19.5 Å². The van der Waals surface area contributed by atoms with Gasteiger partial charge in [0.25, 0.3) is 0 Å². The Morgan fingerprint density at radius 2 is 1.84 bits per heavy atom. The summed E-state index contributed by atoms with van der Waals surface area (Å²) in [6.45, 7) is 4.83. The fraction of sp³-hybridized carbons (Fsp3) is 0.435. The third-order valence-corrected chi connectivity index (χ3v) is 5.84. The third-order valence-electron chi connectivity index (χ3n) is 5.84. The van der Waals surface area contributed by atoms with Crippen LogP contribution in [0.1, 0.15) is 12.0 Å². The summed E-state index contributed by atoms with van der Waals surface area (Å²) in [5.74, 6) is 0.919. The van der Waals surface area contributed by atoms with Gasteiger partial charge in [-0.2, -0.15) is 0 Å². The van der Waals surface area contributed by atoms with E-state index in [1.807, 2.05) is 36.4 Å². The van der Waals surface area contributed by atoms with Gasteiger partial charge in [0, 0.05) is 62.8 Å². The van der Waals surface area contributed by atoms with Crippen molar-refractivity contribution in [1.29, 1.82) is 0 Å². The van der Waals surface area contributed by atoms with E-state index < -0.39 is 6.10 Å². The number of anilines is 3. The van der Waals surface area contributed by atoms with E-state index >= 15 is 0 Å². The lowest BCUT2D eigenvalue weighted by molar-refractivity contribution is -0.116. The molecule has 1 atom stereocenters. The third kappa shape index (κ3) is 5.81. The molecule has 0 aliphatic carbocycles. The van der Waals surface area contributed by atoms with E-state index in [1.54, 1.807) is 7.11 Å². The molecule has 0 unspecified atom stereocenters. The molecule has 168 valence electrons. The highest BCUT2D eigenvalue weighted by Gasteiger charge is 2.24. The number of amides is 1. The molecule has 1 fully saturated rings. The zero-order valence-electron chi connectivity index (χ0n) is 17.8. The van der Waals surface area contributed by atoms with E-state index in [0.717, 1.165) is 49.7 Å². The molecule has 8 heteroatoms. The maximum absolute atomic E-state index is 11.7. The lowest BCUT2D eigenvalue weighted by Crippen LogP contribution is -2.49. The lowest BCUT2D eigenvalue weighted by Gasteiger charge is -2.38. The van der Waals surface area contributed by atoms with Crippen LogP contribution in [0.25, 0.3) is 0 Å². The van der Waals surface area contributed by atoms with Gasteiger partial charge in [-0.25, -0.2) is 0 Å². The molecule has 0 bridgehead atoms. The molecule has 0 radical (unpaired) electrons. The van der Waals surface area contributed by atoms with Gasteiger partial charge in [0.1, 0.15) is 5.75 Å². The van der Waals surface area contributed by atoms with Crippen LogP contribution in [0, 0.1) is 0 Å². The molecular formula is C23H31ClN4O3. The number of piperazine rings is 1. The number of fused-ring (bicyclic) bond motifs is 1. The molecule has 2 aliphatic heterocycles. The van der Waals surface area contributed by atoms with E-state index in [1.165, 1.54) is 11.3 Å². The minimum Gasteiger partial charge on any atom is -0.497 e. The molecular weight excluding hydrogens is 416 g/mol. The molecule has 31 heavy (non-hydrogen) atoms. The molecule has 4 rings (SSSR count). The SMILES string of the molecule is COc1ccc(NC[C@H](O)CN2CCN(c3cccc4c3CCC(=O)N4)CC2)cc1.Cl. The van der Waals surface area contributed by atoms with Crippen molar-refractivity contribution in [2.45, 2.75) is 18.9 Å². The first-order chi connectivity index (χ1) is 14.6. The monoisotopic (exact) mass is 446 g/mol. The molecule has 0 aromatic heterocycles. The van der Waals surface area contributed by atoms with Crippen LogP contribution in [0.3, 0.4) is 0 Å². The second kappa shape index (κ2) is 10.7. The highest BCUT2D eigenvalue weighted by molar-refractivity contribution is 5.95. The topological polar surface area (TPSA) is 77.1 Å². The van der Waals surface area contributed by atoms with E-state index in [2.05, 4.69) is 26.5 Å². The first kappa shape index (κ1) is 23.2. The van der Waals surface area contributed by atoms with Crippen LogP contribution < -0.4 is 20.3 Å². The van der Waals surface area contributed by atoms with Crippen LogP contribution in [0.4, 0.5) is 17.1 Å². The number of rotatable bonds is 7. The number of ether oxygens (including phenoxy) is 1. The van der Waals surface area contributed by atoms with Crippen LogP contribution >= 0.6 is 12.4 Å². The first-order valence-corrected chi connectivity index (χ1v) is 10.6. The van der Waals surface area contributed by atoms with Gasteiger partial charge >= 0.3 is 0 Å². The van der Waals surface area contributed by atoms with Crippen LogP contribution in [0.15, 0.2) is 42.5 Å². The number of hydrogen-bond acceptors (Lipinski definition) is 6. The van der Waals surface area contributed by atoms with Crippen LogP contribution in [-0.2, 0) is 11.2 Å². The largest absolute Gasteiger partial charge is 0.497 e. The standard InChI is InChI=1S/C23H30N4O3.ClH/c1-30-19-7-5-17(6-8-19)24-15-18(28)16-26-11-13-27(14-12-26)22-4-2-3-21-20(22)9-10-23(29)25-21;/h2-8,18,24,28H,9-16H2,1H3,(H,25,29);1H/t18-;/m0./s1. The number of nitrogens with zero attached hydrogens (tertiary/aromatic N) is 2. The van der Waals surface area contributed by atoms with Gasteiger partial charge in [-0.15, -0.1) is 12.4 Å². The van der Waals surface area contributed by atoms with Gasteiger partial charge in [0.15, 0.2) is 0 Å². The number of aliphatic hydroxyl groups excluding tert-OH is 1. The van der Waals surface area contributed by atoms with Crippen molar-refractivity contribution in [1.82, 2.24) is 4.90 Å². The highest BCUT2D eigenvalue weighted by Crippen LogP contribution is 2.32. The van der Waals surface area contributed by atoms with Gasteiger partial charge in [-0.1, -0.05) is 6.07 Å². The molecule has 0 spiro atoms. The molecule has 1 amide bonds. The Balaban J connectivity index is 0.00000272. The molecule has 3 N–H and O–H groups in total. The number of β-amino-alcohol motifs (C(OH)–C–C–N with tert-alkyl or cyclic N) is 1. The van der Waals surface area contributed by atoms with Crippen molar-refractivity contribution >= 4 is 35.4 Å². The normalized spacial score (nSPS) is 17.2. The van der Waals surface area contributed by atoms with E-state index in [9.17, 15) is 9.90 Å². The van der Waals surface area contributed by atoms with E-state index in [4.69, 9.17) is 4.74 Å². The summed E-state index contributed by atoms with van der Waals surface area (Å²) < 4.78 is 5.17. The maximum Gasteiger partial charge on any atom is 0.224 e. The molecule has 2 aromatic carbocycles. The lowest BCUT2D eigenvalue weighted by atomic mass is 10.00. The quantitative estimate of drug-likeness (QED) is 0.607. The fourth-order valence-corrected chi connectivity index (χ4v) is 4.18. The van der Waals surface area contributed by atoms with Crippen molar-refractivity contribution in [2.75, 3.05) is 61.9 Å². The Morgan fingerprint density at radius 3 is 2.55 bits per heavy atom. The van der Waals surface area contributed by atoms with Crippen molar-refractivity contribution in [3.8, 4) is 5.75 Å². The number of hydrogen-bond donors (Lipinski definition) is 3.